The highest BCUT2D eigenvalue weighted by Gasteiger charge is 2.47. The monoisotopic (exact) mass is 644 g/mol. The summed E-state index contributed by atoms with van der Waals surface area (Å²) in [6, 6.07) is 66.4. The van der Waals surface area contributed by atoms with E-state index in [1.54, 1.807) is 0 Å². The first-order valence-electron chi connectivity index (χ1n) is 18.0. The highest BCUT2D eigenvalue weighted by molar-refractivity contribution is 5.91. The van der Waals surface area contributed by atoms with Gasteiger partial charge in [-0.1, -0.05) is 128 Å². The van der Waals surface area contributed by atoms with E-state index in [4.69, 9.17) is 0 Å². The molecule has 0 bridgehead atoms. The van der Waals surface area contributed by atoms with Crippen LogP contribution in [-0.4, -0.2) is 0 Å². The Bertz CT molecular complexity index is 2180. The third kappa shape index (κ3) is 5.29. The molecule has 0 amide bonds. The van der Waals surface area contributed by atoms with Crippen LogP contribution in [0.1, 0.15) is 47.9 Å². The summed E-state index contributed by atoms with van der Waals surface area (Å²) in [6.45, 7) is 0. The SMILES string of the molecule is c1ccc(N(c2ccccc2)c2ccc(Cc3ccc(N(c4ccccc4)c4cccc5c4C4(CCCC4)c4ccccc4-5)cc3)cc2)cc1. The molecule has 1 spiro atoms. The minimum atomic E-state index is 0.0816. The van der Waals surface area contributed by atoms with Crippen LogP contribution in [0.15, 0.2) is 182 Å². The van der Waals surface area contributed by atoms with Crippen LogP contribution in [0.4, 0.5) is 34.1 Å². The first kappa shape index (κ1) is 30.2. The van der Waals surface area contributed by atoms with Crippen molar-refractivity contribution in [1.82, 2.24) is 0 Å². The van der Waals surface area contributed by atoms with E-state index in [-0.39, 0.29) is 5.41 Å². The Balaban J connectivity index is 1.04. The number of fused-ring (bicyclic) bond motifs is 5. The van der Waals surface area contributed by atoms with Crippen LogP contribution in [0.3, 0.4) is 0 Å². The van der Waals surface area contributed by atoms with Crippen molar-refractivity contribution in [3.05, 3.63) is 204 Å². The number of anilines is 6. The Hall–Kier alpha value is -5.86. The van der Waals surface area contributed by atoms with Gasteiger partial charge in [0, 0.05) is 33.9 Å². The zero-order valence-electron chi connectivity index (χ0n) is 28.3. The smallest absolute Gasteiger partial charge is 0.0508 e. The highest BCUT2D eigenvalue weighted by Crippen LogP contribution is 2.60. The van der Waals surface area contributed by atoms with Crippen molar-refractivity contribution in [3.63, 3.8) is 0 Å². The van der Waals surface area contributed by atoms with E-state index in [1.165, 1.54) is 76.1 Å². The Labute approximate surface area is 295 Å². The van der Waals surface area contributed by atoms with Gasteiger partial charge in [0.25, 0.3) is 0 Å². The molecule has 0 aliphatic heterocycles. The molecule has 0 N–H and O–H groups in total. The predicted octanol–water partition coefficient (Wildman–Crippen LogP) is 13.1. The second-order valence-corrected chi connectivity index (χ2v) is 13.7. The highest BCUT2D eigenvalue weighted by atomic mass is 15.1. The first-order valence-corrected chi connectivity index (χ1v) is 18.0. The van der Waals surface area contributed by atoms with Crippen LogP contribution in [0.2, 0.25) is 0 Å². The molecule has 0 heterocycles. The van der Waals surface area contributed by atoms with Gasteiger partial charge in [0.15, 0.2) is 0 Å². The normalized spacial score (nSPS) is 13.9. The lowest BCUT2D eigenvalue weighted by molar-refractivity contribution is 0.550. The number of hydrogen-bond donors (Lipinski definition) is 0. The van der Waals surface area contributed by atoms with E-state index < -0.39 is 0 Å². The maximum Gasteiger partial charge on any atom is 0.0508 e. The van der Waals surface area contributed by atoms with Gasteiger partial charge in [0.2, 0.25) is 0 Å². The molecule has 0 unspecified atom stereocenters. The molecule has 7 aromatic carbocycles. The van der Waals surface area contributed by atoms with Crippen LogP contribution < -0.4 is 9.80 Å². The molecule has 1 saturated carbocycles. The summed E-state index contributed by atoms with van der Waals surface area (Å²) in [4.78, 5) is 4.80. The minimum absolute atomic E-state index is 0.0816. The van der Waals surface area contributed by atoms with Crippen molar-refractivity contribution in [3.8, 4) is 11.1 Å². The van der Waals surface area contributed by atoms with E-state index in [9.17, 15) is 0 Å². The van der Waals surface area contributed by atoms with Crippen LogP contribution in [0.25, 0.3) is 11.1 Å². The molecule has 1 fully saturated rings. The zero-order chi connectivity index (χ0) is 33.3. The minimum Gasteiger partial charge on any atom is -0.311 e. The molecule has 50 heavy (non-hydrogen) atoms. The van der Waals surface area contributed by atoms with Gasteiger partial charge in [-0.05, 0) is 119 Å². The summed E-state index contributed by atoms with van der Waals surface area (Å²) in [5.41, 5.74) is 15.6. The van der Waals surface area contributed by atoms with Gasteiger partial charge in [-0.15, -0.1) is 0 Å². The first-order chi connectivity index (χ1) is 24.8. The predicted molar refractivity (Wildman–Crippen MR) is 210 cm³/mol. The van der Waals surface area contributed by atoms with Crippen molar-refractivity contribution >= 4 is 34.1 Å². The van der Waals surface area contributed by atoms with Gasteiger partial charge < -0.3 is 9.80 Å². The molecule has 2 heteroatoms. The Kier molecular flexibility index (Phi) is 7.78. The molecule has 0 radical (unpaired) electrons. The van der Waals surface area contributed by atoms with E-state index >= 15 is 0 Å². The quantitative estimate of drug-likeness (QED) is 0.162. The van der Waals surface area contributed by atoms with Crippen LogP contribution in [-0.2, 0) is 11.8 Å². The Morgan fingerprint density at radius 1 is 0.380 bits per heavy atom. The van der Waals surface area contributed by atoms with Crippen LogP contribution >= 0.6 is 0 Å². The topological polar surface area (TPSA) is 6.48 Å². The van der Waals surface area contributed by atoms with Crippen molar-refractivity contribution in [2.24, 2.45) is 0 Å². The summed E-state index contributed by atoms with van der Waals surface area (Å²) in [5.74, 6) is 0. The van der Waals surface area contributed by atoms with Crippen molar-refractivity contribution < 1.29 is 0 Å². The van der Waals surface area contributed by atoms with Crippen LogP contribution in [0, 0.1) is 0 Å². The number of para-hydroxylation sites is 3. The molecule has 242 valence electrons. The van der Waals surface area contributed by atoms with Gasteiger partial charge in [0.05, 0.1) is 5.69 Å². The van der Waals surface area contributed by atoms with Crippen molar-refractivity contribution in [2.45, 2.75) is 37.5 Å². The van der Waals surface area contributed by atoms with Gasteiger partial charge >= 0.3 is 0 Å². The van der Waals surface area contributed by atoms with Gasteiger partial charge in [-0.25, -0.2) is 0 Å². The molecule has 0 atom stereocenters. The number of hydrogen-bond acceptors (Lipinski definition) is 2. The molecular weight excluding hydrogens is 605 g/mol. The lowest BCUT2D eigenvalue weighted by Gasteiger charge is -2.34. The summed E-state index contributed by atoms with van der Waals surface area (Å²) in [6.07, 6.45) is 5.85. The Morgan fingerprint density at radius 3 is 1.38 bits per heavy atom. The third-order valence-corrected chi connectivity index (χ3v) is 10.8. The molecule has 0 aromatic heterocycles. The fraction of sp³-hybridized carbons (Fsp3) is 0.125. The summed E-state index contributed by atoms with van der Waals surface area (Å²) < 4.78 is 0. The molecule has 7 aromatic rings. The summed E-state index contributed by atoms with van der Waals surface area (Å²) in [7, 11) is 0. The molecule has 2 aliphatic carbocycles. The fourth-order valence-electron chi connectivity index (χ4n) is 8.59. The molecule has 2 aliphatic rings. The summed E-state index contributed by atoms with van der Waals surface area (Å²) >= 11 is 0. The summed E-state index contributed by atoms with van der Waals surface area (Å²) in [5, 5.41) is 0. The second kappa shape index (κ2) is 12.9. The molecular formula is C48H40N2. The maximum absolute atomic E-state index is 2.49. The van der Waals surface area contributed by atoms with E-state index in [0.29, 0.717) is 0 Å². The lowest BCUT2D eigenvalue weighted by atomic mass is 9.76. The number of nitrogens with zero attached hydrogens (tertiary/aromatic N) is 2. The molecule has 0 saturated heterocycles. The van der Waals surface area contributed by atoms with E-state index in [2.05, 4.69) is 192 Å². The standard InChI is InChI=1S/C48H40N2/c1-4-15-38(16-5-1)49(39-17-6-2-7-18-39)41-29-25-36(26-30-41)35-37-27-31-42(32-28-37)50(40-19-8-3-9-20-40)46-24-14-22-44-43-21-10-11-23-45(43)48(47(44)46)33-12-13-34-48/h1-11,14-32H,12-13,33-35H2. The average Bonchev–Trinajstić information content (AvgIpc) is 3.79. The number of benzene rings is 7. The maximum atomic E-state index is 2.49. The van der Waals surface area contributed by atoms with Crippen LogP contribution in [0.5, 0.6) is 0 Å². The van der Waals surface area contributed by atoms with Crippen molar-refractivity contribution in [2.75, 3.05) is 9.80 Å². The Morgan fingerprint density at radius 2 is 0.820 bits per heavy atom. The van der Waals surface area contributed by atoms with Gasteiger partial charge in [-0.3, -0.25) is 0 Å². The van der Waals surface area contributed by atoms with Gasteiger partial charge in [-0.2, -0.15) is 0 Å². The largest absolute Gasteiger partial charge is 0.311 e. The van der Waals surface area contributed by atoms with E-state index in [1.807, 2.05) is 0 Å². The van der Waals surface area contributed by atoms with Crippen molar-refractivity contribution in [1.29, 1.82) is 0 Å². The van der Waals surface area contributed by atoms with Gasteiger partial charge in [0.1, 0.15) is 0 Å². The fourth-order valence-corrected chi connectivity index (χ4v) is 8.59. The molecule has 9 rings (SSSR count). The number of rotatable bonds is 8. The molecule has 2 nitrogen and oxygen atoms in total. The second-order valence-electron chi connectivity index (χ2n) is 13.7. The van der Waals surface area contributed by atoms with E-state index in [0.717, 1.165) is 23.5 Å². The lowest BCUT2D eigenvalue weighted by Crippen LogP contribution is -2.24. The average molecular weight is 645 g/mol. The third-order valence-electron chi connectivity index (χ3n) is 10.8. The zero-order valence-corrected chi connectivity index (χ0v) is 28.3.